The van der Waals surface area contributed by atoms with Gasteiger partial charge in [-0.1, -0.05) is 0 Å². The summed E-state index contributed by atoms with van der Waals surface area (Å²) in [5.41, 5.74) is 5.40. The van der Waals surface area contributed by atoms with Crippen LogP contribution in [0.3, 0.4) is 0 Å². The Balaban J connectivity index is 2.43. The first-order valence-electron chi connectivity index (χ1n) is 4.56. The molecule has 15 heavy (non-hydrogen) atoms. The predicted octanol–water partition coefficient (Wildman–Crippen LogP) is 0.496. The quantitative estimate of drug-likeness (QED) is 0.622. The highest BCUT2D eigenvalue weighted by Crippen LogP contribution is 2.17. The van der Waals surface area contributed by atoms with E-state index >= 15 is 0 Å². The van der Waals surface area contributed by atoms with E-state index in [1.165, 1.54) is 18.2 Å². The first-order chi connectivity index (χ1) is 7.09. The maximum Gasteiger partial charge on any atom is 0.218 e. The number of benzene rings is 1. The summed E-state index contributed by atoms with van der Waals surface area (Å²) in [5, 5.41) is 12.2. The van der Waals surface area contributed by atoms with E-state index in [9.17, 15) is 14.3 Å². The monoisotopic (exact) mass is 212 g/mol. The molecule has 0 aliphatic carbocycles. The van der Waals surface area contributed by atoms with E-state index in [4.69, 9.17) is 5.73 Å². The molecule has 0 saturated heterocycles. The molecule has 0 aromatic heterocycles. The van der Waals surface area contributed by atoms with Crippen LogP contribution in [0.4, 0.5) is 4.39 Å². The standard InChI is InChI=1S/C10H13FN2O2/c11-8-1-2-9(14)7(5-8)6-13-4-3-10(12)15/h1-2,5,13-14H,3-4,6H2,(H2,12,15). The first kappa shape index (κ1) is 11.5. The van der Waals surface area contributed by atoms with Gasteiger partial charge >= 0.3 is 0 Å². The van der Waals surface area contributed by atoms with Gasteiger partial charge in [0.05, 0.1) is 0 Å². The normalized spacial score (nSPS) is 10.2. The van der Waals surface area contributed by atoms with Gasteiger partial charge in [0, 0.05) is 25.1 Å². The highest BCUT2D eigenvalue weighted by atomic mass is 19.1. The highest BCUT2D eigenvalue weighted by Gasteiger charge is 2.02. The Morgan fingerprint density at radius 3 is 2.93 bits per heavy atom. The van der Waals surface area contributed by atoms with Crippen LogP contribution in [0.1, 0.15) is 12.0 Å². The lowest BCUT2D eigenvalue weighted by molar-refractivity contribution is -0.117. The van der Waals surface area contributed by atoms with Gasteiger partial charge in [-0.2, -0.15) is 0 Å². The molecular weight excluding hydrogens is 199 g/mol. The molecular formula is C10H13FN2O2. The van der Waals surface area contributed by atoms with E-state index in [-0.39, 0.29) is 12.2 Å². The second-order valence-electron chi connectivity index (χ2n) is 3.17. The number of amides is 1. The SMILES string of the molecule is NC(=O)CCNCc1cc(F)ccc1O. The lowest BCUT2D eigenvalue weighted by Gasteiger charge is -2.05. The Kier molecular flexibility index (Phi) is 4.05. The van der Waals surface area contributed by atoms with Gasteiger partial charge in [0.1, 0.15) is 11.6 Å². The molecule has 0 atom stereocenters. The number of halogens is 1. The van der Waals surface area contributed by atoms with Gasteiger partial charge in [0.25, 0.3) is 0 Å². The molecule has 1 rings (SSSR count). The minimum atomic E-state index is -0.403. The van der Waals surface area contributed by atoms with Crippen molar-refractivity contribution in [1.29, 1.82) is 0 Å². The molecule has 0 bridgehead atoms. The van der Waals surface area contributed by atoms with Crippen molar-refractivity contribution in [2.24, 2.45) is 5.73 Å². The fraction of sp³-hybridized carbons (Fsp3) is 0.300. The van der Waals surface area contributed by atoms with Crippen LogP contribution in [0.5, 0.6) is 5.75 Å². The molecule has 4 N–H and O–H groups in total. The second-order valence-corrected chi connectivity index (χ2v) is 3.17. The van der Waals surface area contributed by atoms with Gasteiger partial charge in [-0.3, -0.25) is 4.79 Å². The fourth-order valence-corrected chi connectivity index (χ4v) is 1.13. The molecule has 0 spiro atoms. The summed E-state index contributed by atoms with van der Waals surface area (Å²) in [6, 6.07) is 3.72. The number of aromatic hydroxyl groups is 1. The van der Waals surface area contributed by atoms with E-state index in [2.05, 4.69) is 5.32 Å². The number of phenols is 1. The molecule has 4 nitrogen and oxygen atoms in total. The number of hydrogen-bond acceptors (Lipinski definition) is 3. The van der Waals surface area contributed by atoms with Crippen LogP contribution < -0.4 is 11.1 Å². The van der Waals surface area contributed by atoms with E-state index in [0.29, 0.717) is 18.7 Å². The number of rotatable bonds is 5. The molecule has 1 aromatic carbocycles. The molecule has 1 amide bonds. The Morgan fingerprint density at radius 1 is 1.53 bits per heavy atom. The van der Waals surface area contributed by atoms with Crippen molar-refractivity contribution < 1.29 is 14.3 Å². The van der Waals surface area contributed by atoms with Crippen molar-refractivity contribution in [1.82, 2.24) is 5.32 Å². The van der Waals surface area contributed by atoms with Crippen molar-refractivity contribution in [2.45, 2.75) is 13.0 Å². The fourth-order valence-electron chi connectivity index (χ4n) is 1.13. The molecule has 0 fully saturated rings. The summed E-state index contributed by atoms with van der Waals surface area (Å²) >= 11 is 0. The van der Waals surface area contributed by atoms with Crippen molar-refractivity contribution in [3.63, 3.8) is 0 Å². The van der Waals surface area contributed by atoms with Gasteiger partial charge in [-0.25, -0.2) is 4.39 Å². The topological polar surface area (TPSA) is 75.4 Å². The third-order valence-electron chi connectivity index (χ3n) is 1.91. The second kappa shape index (κ2) is 5.31. The Labute approximate surface area is 86.9 Å². The third-order valence-corrected chi connectivity index (χ3v) is 1.91. The van der Waals surface area contributed by atoms with E-state index in [1.807, 2.05) is 0 Å². The maximum atomic E-state index is 12.8. The molecule has 82 valence electrons. The average Bonchev–Trinajstić information content (AvgIpc) is 2.17. The maximum absolute atomic E-state index is 12.8. The number of phenolic OH excluding ortho intramolecular Hbond substituents is 1. The number of carbonyl (C=O) groups excluding carboxylic acids is 1. The number of carbonyl (C=O) groups is 1. The van der Waals surface area contributed by atoms with E-state index in [0.717, 1.165) is 0 Å². The third kappa shape index (κ3) is 3.95. The van der Waals surface area contributed by atoms with Crippen molar-refractivity contribution in [3.05, 3.63) is 29.6 Å². The molecule has 0 aliphatic rings. The van der Waals surface area contributed by atoms with Crippen LogP contribution in [0.15, 0.2) is 18.2 Å². The molecule has 5 heteroatoms. The molecule has 0 heterocycles. The minimum Gasteiger partial charge on any atom is -0.508 e. The molecule has 0 unspecified atom stereocenters. The zero-order valence-electron chi connectivity index (χ0n) is 8.16. The number of primary amides is 1. The summed E-state index contributed by atoms with van der Waals surface area (Å²) in [4.78, 5) is 10.4. The van der Waals surface area contributed by atoms with Crippen molar-refractivity contribution in [3.8, 4) is 5.75 Å². The van der Waals surface area contributed by atoms with E-state index < -0.39 is 11.7 Å². The lowest BCUT2D eigenvalue weighted by atomic mass is 10.2. The van der Waals surface area contributed by atoms with Gasteiger partial charge in [0.2, 0.25) is 5.91 Å². The Hall–Kier alpha value is -1.62. The van der Waals surface area contributed by atoms with Crippen LogP contribution in [0.25, 0.3) is 0 Å². The van der Waals surface area contributed by atoms with Gasteiger partial charge in [-0.15, -0.1) is 0 Å². The summed E-state index contributed by atoms with van der Waals surface area (Å²) in [7, 11) is 0. The van der Waals surface area contributed by atoms with Crippen LogP contribution in [-0.4, -0.2) is 17.6 Å². The zero-order valence-corrected chi connectivity index (χ0v) is 8.16. The molecule has 0 saturated carbocycles. The van der Waals surface area contributed by atoms with Gasteiger partial charge < -0.3 is 16.2 Å². The van der Waals surface area contributed by atoms with Gasteiger partial charge in [0.15, 0.2) is 0 Å². The summed E-state index contributed by atoms with van der Waals surface area (Å²) in [5.74, 6) is -0.770. The van der Waals surface area contributed by atoms with Crippen LogP contribution in [0.2, 0.25) is 0 Å². The average molecular weight is 212 g/mol. The predicted molar refractivity (Wildman–Crippen MR) is 53.6 cm³/mol. The smallest absolute Gasteiger partial charge is 0.218 e. The molecule has 0 aliphatic heterocycles. The van der Waals surface area contributed by atoms with Crippen LogP contribution in [-0.2, 0) is 11.3 Å². The largest absolute Gasteiger partial charge is 0.508 e. The van der Waals surface area contributed by atoms with E-state index in [1.54, 1.807) is 0 Å². The zero-order chi connectivity index (χ0) is 11.3. The van der Waals surface area contributed by atoms with Crippen LogP contribution >= 0.6 is 0 Å². The lowest BCUT2D eigenvalue weighted by Crippen LogP contribution is -2.21. The number of nitrogens with one attached hydrogen (secondary N) is 1. The summed E-state index contributed by atoms with van der Waals surface area (Å²) in [6.45, 7) is 0.710. The Bertz CT molecular complexity index is 355. The van der Waals surface area contributed by atoms with Gasteiger partial charge in [-0.05, 0) is 18.2 Å². The summed E-state index contributed by atoms with van der Waals surface area (Å²) < 4.78 is 12.8. The molecule has 0 radical (unpaired) electrons. The van der Waals surface area contributed by atoms with Crippen molar-refractivity contribution >= 4 is 5.91 Å². The van der Waals surface area contributed by atoms with Crippen LogP contribution in [0, 0.1) is 5.82 Å². The first-order valence-corrected chi connectivity index (χ1v) is 4.56. The Morgan fingerprint density at radius 2 is 2.27 bits per heavy atom. The summed E-state index contributed by atoms with van der Waals surface area (Å²) in [6.07, 6.45) is 0.218. The van der Waals surface area contributed by atoms with Crippen molar-refractivity contribution in [2.75, 3.05) is 6.54 Å². The number of nitrogens with two attached hydrogens (primary N) is 1. The highest BCUT2D eigenvalue weighted by molar-refractivity contribution is 5.73. The number of hydrogen-bond donors (Lipinski definition) is 3. The molecule has 1 aromatic rings. The minimum absolute atomic E-state index is 0.0305.